The van der Waals surface area contributed by atoms with Gasteiger partial charge in [-0.3, -0.25) is 0 Å². The molecule has 0 amide bonds. The number of ether oxygens (including phenoxy) is 1. The number of carbonyl (C=O) groups is 1. The fourth-order valence-electron chi connectivity index (χ4n) is 1.77. The van der Waals surface area contributed by atoms with Crippen molar-refractivity contribution in [3.8, 4) is 11.5 Å². The standard InChI is InChI=1S/C15H13ClO4/c16-12-9-11(15(18)19)5-6-14(12)20-13-4-2-1-3-10(13)7-8-17/h1-6,9,17H,7-8H2,(H,18,19). The summed E-state index contributed by atoms with van der Waals surface area (Å²) in [5.74, 6) is -0.0762. The maximum Gasteiger partial charge on any atom is 0.335 e. The smallest absolute Gasteiger partial charge is 0.335 e. The average Bonchev–Trinajstić information content (AvgIpc) is 2.43. The minimum atomic E-state index is -1.04. The first-order chi connectivity index (χ1) is 9.61. The zero-order valence-corrected chi connectivity index (χ0v) is 11.3. The Hall–Kier alpha value is -2.04. The summed E-state index contributed by atoms with van der Waals surface area (Å²) in [6.45, 7) is 0.0199. The van der Waals surface area contributed by atoms with Crippen LogP contribution in [0.4, 0.5) is 0 Å². The Kier molecular flexibility index (Phi) is 4.61. The molecule has 0 aromatic heterocycles. The summed E-state index contributed by atoms with van der Waals surface area (Å²) in [6, 6.07) is 11.6. The van der Waals surface area contributed by atoms with E-state index in [4.69, 9.17) is 26.6 Å². The normalized spacial score (nSPS) is 10.3. The van der Waals surface area contributed by atoms with Gasteiger partial charge in [0.15, 0.2) is 0 Å². The topological polar surface area (TPSA) is 66.8 Å². The van der Waals surface area contributed by atoms with Crippen LogP contribution in [0.2, 0.25) is 5.02 Å². The summed E-state index contributed by atoms with van der Waals surface area (Å²) >= 11 is 6.02. The molecule has 0 spiro atoms. The highest BCUT2D eigenvalue weighted by Gasteiger charge is 2.10. The molecule has 0 saturated heterocycles. The van der Waals surface area contributed by atoms with Gasteiger partial charge in [0, 0.05) is 6.61 Å². The van der Waals surface area contributed by atoms with Gasteiger partial charge in [-0.2, -0.15) is 0 Å². The van der Waals surface area contributed by atoms with E-state index in [1.54, 1.807) is 6.07 Å². The van der Waals surface area contributed by atoms with Crippen LogP contribution in [0.5, 0.6) is 11.5 Å². The highest BCUT2D eigenvalue weighted by molar-refractivity contribution is 6.32. The number of para-hydroxylation sites is 1. The largest absolute Gasteiger partial charge is 0.478 e. The second kappa shape index (κ2) is 6.41. The number of aromatic carboxylic acids is 1. The molecule has 5 heteroatoms. The number of hydrogen-bond acceptors (Lipinski definition) is 3. The highest BCUT2D eigenvalue weighted by atomic mass is 35.5. The van der Waals surface area contributed by atoms with Crippen molar-refractivity contribution >= 4 is 17.6 Å². The van der Waals surface area contributed by atoms with Crippen LogP contribution in [0, 0.1) is 0 Å². The third-order valence-corrected chi connectivity index (χ3v) is 3.05. The fourth-order valence-corrected chi connectivity index (χ4v) is 1.98. The van der Waals surface area contributed by atoms with Crippen LogP contribution in [0.25, 0.3) is 0 Å². The quantitative estimate of drug-likeness (QED) is 0.887. The molecule has 0 radical (unpaired) electrons. The molecule has 0 fully saturated rings. The van der Waals surface area contributed by atoms with Crippen molar-refractivity contribution in [2.45, 2.75) is 6.42 Å². The molecular weight excluding hydrogens is 280 g/mol. The molecule has 0 aliphatic heterocycles. The van der Waals surface area contributed by atoms with Gasteiger partial charge in [0.05, 0.1) is 10.6 Å². The maximum absolute atomic E-state index is 10.8. The van der Waals surface area contributed by atoms with Gasteiger partial charge in [0.25, 0.3) is 0 Å². The van der Waals surface area contributed by atoms with Crippen molar-refractivity contribution in [2.24, 2.45) is 0 Å². The van der Waals surface area contributed by atoms with Crippen LogP contribution in [0.1, 0.15) is 15.9 Å². The van der Waals surface area contributed by atoms with Crippen LogP contribution >= 0.6 is 11.6 Å². The minimum absolute atomic E-state index is 0.0199. The zero-order valence-electron chi connectivity index (χ0n) is 10.5. The average molecular weight is 293 g/mol. The lowest BCUT2D eigenvalue weighted by atomic mass is 10.1. The van der Waals surface area contributed by atoms with Crippen LogP contribution < -0.4 is 4.74 Å². The van der Waals surface area contributed by atoms with E-state index in [2.05, 4.69) is 0 Å². The summed E-state index contributed by atoms with van der Waals surface area (Å²) in [5, 5.41) is 18.1. The van der Waals surface area contributed by atoms with Crippen LogP contribution in [-0.4, -0.2) is 22.8 Å². The van der Waals surface area contributed by atoms with E-state index in [-0.39, 0.29) is 17.2 Å². The molecule has 0 atom stereocenters. The van der Waals surface area contributed by atoms with E-state index in [0.717, 1.165) is 5.56 Å². The zero-order chi connectivity index (χ0) is 14.5. The number of aliphatic hydroxyl groups is 1. The number of carboxylic acid groups (broad SMARTS) is 1. The van der Waals surface area contributed by atoms with E-state index in [0.29, 0.717) is 17.9 Å². The molecule has 2 N–H and O–H groups in total. The molecule has 2 rings (SSSR count). The molecule has 20 heavy (non-hydrogen) atoms. The second-order valence-electron chi connectivity index (χ2n) is 4.13. The summed E-state index contributed by atoms with van der Waals surface area (Å²) in [7, 11) is 0. The van der Waals surface area contributed by atoms with Gasteiger partial charge >= 0.3 is 5.97 Å². The molecule has 104 valence electrons. The predicted molar refractivity (Wildman–Crippen MR) is 75.7 cm³/mol. The summed E-state index contributed by atoms with van der Waals surface area (Å²) < 4.78 is 5.69. The molecule has 0 saturated carbocycles. The molecule has 0 unspecified atom stereocenters. The van der Waals surface area contributed by atoms with Gasteiger partial charge in [-0.25, -0.2) is 4.79 Å². The number of carboxylic acids is 1. The first kappa shape index (κ1) is 14.4. The first-order valence-corrected chi connectivity index (χ1v) is 6.39. The monoisotopic (exact) mass is 292 g/mol. The Morgan fingerprint density at radius 1 is 1.15 bits per heavy atom. The Balaban J connectivity index is 2.28. The third kappa shape index (κ3) is 3.29. The molecule has 0 heterocycles. The van der Waals surface area contributed by atoms with Gasteiger partial charge in [0.1, 0.15) is 11.5 Å². The van der Waals surface area contributed by atoms with Gasteiger partial charge in [-0.15, -0.1) is 0 Å². The van der Waals surface area contributed by atoms with Gasteiger partial charge in [-0.1, -0.05) is 29.8 Å². The Labute approximate surface area is 121 Å². The lowest BCUT2D eigenvalue weighted by molar-refractivity contribution is 0.0697. The van der Waals surface area contributed by atoms with E-state index < -0.39 is 5.97 Å². The predicted octanol–water partition coefficient (Wildman–Crippen LogP) is 3.37. The van der Waals surface area contributed by atoms with Crippen molar-refractivity contribution < 1.29 is 19.7 Å². The fraction of sp³-hybridized carbons (Fsp3) is 0.133. The minimum Gasteiger partial charge on any atom is -0.478 e. The lowest BCUT2D eigenvalue weighted by Gasteiger charge is -2.11. The first-order valence-electron chi connectivity index (χ1n) is 6.01. The van der Waals surface area contributed by atoms with Crippen molar-refractivity contribution in [3.63, 3.8) is 0 Å². The van der Waals surface area contributed by atoms with E-state index in [9.17, 15) is 4.79 Å². The molecule has 2 aromatic rings. The number of hydrogen-bond donors (Lipinski definition) is 2. The number of aliphatic hydroxyl groups excluding tert-OH is 1. The van der Waals surface area contributed by atoms with Crippen molar-refractivity contribution in [3.05, 3.63) is 58.6 Å². The number of halogens is 1. The van der Waals surface area contributed by atoms with E-state index >= 15 is 0 Å². The molecule has 0 aliphatic rings. The van der Waals surface area contributed by atoms with Crippen molar-refractivity contribution in [1.82, 2.24) is 0 Å². The van der Waals surface area contributed by atoms with Crippen molar-refractivity contribution in [1.29, 1.82) is 0 Å². The van der Waals surface area contributed by atoms with Gasteiger partial charge < -0.3 is 14.9 Å². The van der Waals surface area contributed by atoms with Crippen LogP contribution in [0.3, 0.4) is 0 Å². The Bertz CT molecular complexity index is 625. The Morgan fingerprint density at radius 3 is 2.55 bits per heavy atom. The highest BCUT2D eigenvalue weighted by Crippen LogP contribution is 2.32. The third-order valence-electron chi connectivity index (χ3n) is 2.75. The molecular formula is C15H13ClO4. The van der Waals surface area contributed by atoms with Gasteiger partial charge in [0.2, 0.25) is 0 Å². The molecule has 0 bridgehead atoms. The number of benzene rings is 2. The molecule has 0 aliphatic carbocycles. The SMILES string of the molecule is O=C(O)c1ccc(Oc2ccccc2CCO)c(Cl)c1. The number of rotatable bonds is 5. The van der Waals surface area contributed by atoms with E-state index in [1.165, 1.54) is 18.2 Å². The molecule has 2 aromatic carbocycles. The summed E-state index contributed by atoms with van der Waals surface area (Å²) in [6.07, 6.45) is 0.473. The molecule has 4 nitrogen and oxygen atoms in total. The van der Waals surface area contributed by atoms with Crippen molar-refractivity contribution in [2.75, 3.05) is 6.61 Å². The van der Waals surface area contributed by atoms with Crippen LogP contribution in [-0.2, 0) is 6.42 Å². The van der Waals surface area contributed by atoms with Crippen LogP contribution in [0.15, 0.2) is 42.5 Å². The maximum atomic E-state index is 10.8. The van der Waals surface area contributed by atoms with Gasteiger partial charge in [-0.05, 0) is 36.2 Å². The Morgan fingerprint density at radius 2 is 1.90 bits per heavy atom. The summed E-state index contributed by atoms with van der Waals surface area (Å²) in [4.78, 5) is 10.8. The second-order valence-corrected chi connectivity index (χ2v) is 4.54. The van der Waals surface area contributed by atoms with E-state index in [1.807, 2.05) is 18.2 Å². The lowest BCUT2D eigenvalue weighted by Crippen LogP contribution is -1.98. The summed E-state index contributed by atoms with van der Waals surface area (Å²) in [5.41, 5.74) is 0.958.